The van der Waals surface area contributed by atoms with Crippen LogP contribution in [0, 0.1) is 0 Å². The van der Waals surface area contributed by atoms with E-state index in [9.17, 15) is 4.79 Å². The first kappa shape index (κ1) is 14.7. The van der Waals surface area contributed by atoms with Crippen molar-refractivity contribution in [2.75, 3.05) is 27.0 Å². The Balaban J connectivity index is 1.34. The third-order valence-electron chi connectivity index (χ3n) is 4.12. The summed E-state index contributed by atoms with van der Waals surface area (Å²) in [6.45, 7) is 1.34. The van der Waals surface area contributed by atoms with Crippen molar-refractivity contribution in [3.05, 3.63) is 48.0 Å². The Morgan fingerprint density at radius 3 is 2.50 bits per heavy atom. The van der Waals surface area contributed by atoms with Crippen LogP contribution in [0.3, 0.4) is 0 Å². The summed E-state index contributed by atoms with van der Waals surface area (Å²) in [6, 6.07) is 12.7. The predicted octanol–water partition coefficient (Wildman–Crippen LogP) is 2.33. The van der Waals surface area contributed by atoms with Crippen molar-refractivity contribution in [1.29, 1.82) is 0 Å². The minimum atomic E-state index is -0.0251. The number of nitrogens with zero attached hydrogens (tertiary/aromatic N) is 1. The molecule has 0 atom stereocenters. The molecule has 0 unspecified atom stereocenters. The number of hydrogen-bond donors (Lipinski definition) is 0. The highest BCUT2D eigenvalue weighted by molar-refractivity contribution is 5.95. The van der Waals surface area contributed by atoms with E-state index in [1.54, 1.807) is 30.2 Å². The van der Waals surface area contributed by atoms with Gasteiger partial charge in [-0.15, -0.1) is 0 Å². The van der Waals surface area contributed by atoms with Crippen molar-refractivity contribution < 1.29 is 23.7 Å². The lowest BCUT2D eigenvalue weighted by Crippen LogP contribution is -2.56. The Morgan fingerprint density at radius 1 is 1.04 bits per heavy atom. The molecule has 0 saturated carbocycles. The molecular formula is C18H17NO5. The third-order valence-corrected chi connectivity index (χ3v) is 4.12. The molecule has 6 heteroatoms. The van der Waals surface area contributed by atoms with E-state index in [-0.39, 0.29) is 18.8 Å². The van der Waals surface area contributed by atoms with Crippen LogP contribution in [0.15, 0.2) is 42.5 Å². The van der Waals surface area contributed by atoms with Crippen molar-refractivity contribution in [1.82, 2.24) is 4.90 Å². The van der Waals surface area contributed by atoms with Crippen LogP contribution < -0.4 is 18.9 Å². The maximum absolute atomic E-state index is 12.5. The molecule has 2 aromatic rings. The van der Waals surface area contributed by atoms with Gasteiger partial charge in [-0.25, -0.2) is 0 Å². The first-order valence-corrected chi connectivity index (χ1v) is 7.72. The summed E-state index contributed by atoms with van der Waals surface area (Å²) in [5.74, 6) is 2.83. The van der Waals surface area contributed by atoms with Crippen molar-refractivity contribution in [3.8, 4) is 23.0 Å². The van der Waals surface area contributed by atoms with Gasteiger partial charge >= 0.3 is 0 Å². The van der Waals surface area contributed by atoms with E-state index in [0.29, 0.717) is 30.2 Å². The molecule has 6 nitrogen and oxygen atoms in total. The summed E-state index contributed by atoms with van der Waals surface area (Å²) in [6.07, 6.45) is 0.0105. The Labute approximate surface area is 139 Å². The molecule has 0 bridgehead atoms. The molecule has 0 spiro atoms. The van der Waals surface area contributed by atoms with Crippen LogP contribution >= 0.6 is 0 Å². The van der Waals surface area contributed by atoms with Crippen LogP contribution in [-0.2, 0) is 0 Å². The second-order valence-electron chi connectivity index (χ2n) is 5.69. The number of rotatable bonds is 4. The highest BCUT2D eigenvalue weighted by Gasteiger charge is 2.33. The zero-order valence-corrected chi connectivity index (χ0v) is 13.2. The van der Waals surface area contributed by atoms with Gasteiger partial charge < -0.3 is 23.8 Å². The van der Waals surface area contributed by atoms with E-state index in [4.69, 9.17) is 18.9 Å². The summed E-state index contributed by atoms with van der Waals surface area (Å²) in [4.78, 5) is 14.2. The largest absolute Gasteiger partial charge is 0.497 e. The molecule has 2 aromatic carbocycles. The number of methoxy groups -OCH3 is 1. The normalized spacial score (nSPS) is 15.8. The van der Waals surface area contributed by atoms with Gasteiger partial charge in [0, 0.05) is 5.56 Å². The zero-order valence-electron chi connectivity index (χ0n) is 13.2. The van der Waals surface area contributed by atoms with Crippen molar-refractivity contribution in [2.24, 2.45) is 0 Å². The van der Waals surface area contributed by atoms with Crippen molar-refractivity contribution in [2.45, 2.75) is 6.10 Å². The monoisotopic (exact) mass is 327 g/mol. The minimum Gasteiger partial charge on any atom is -0.497 e. The molecule has 24 heavy (non-hydrogen) atoms. The number of benzene rings is 2. The molecule has 1 amide bonds. The molecule has 2 aliphatic rings. The molecule has 4 rings (SSSR count). The molecule has 0 N–H and O–H groups in total. The fourth-order valence-corrected chi connectivity index (χ4v) is 2.74. The summed E-state index contributed by atoms with van der Waals surface area (Å²) in [7, 11) is 1.63. The molecule has 0 aromatic heterocycles. The standard InChI is InChI=1S/C18H17NO5/c1-21-13-3-5-14(6-4-13)24-15-9-19(10-15)18(20)12-2-7-16-17(8-12)23-11-22-16/h2-8,15H,9-11H2,1H3. The summed E-state index contributed by atoms with van der Waals surface area (Å²) in [5, 5.41) is 0. The average molecular weight is 327 g/mol. The van der Waals surface area contributed by atoms with Gasteiger partial charge in [0.05, 0.1) is 20.2 Å². The fourth-order valence-electron chi connectivity index (χ4n) is 2.74. The Kier molecular flexibility index (Phi) is 3.65. The predicted molar refractivity (Wildman–Crippen MR) is 85.9 cm³/mol. The highest BCUT2D eigenvalue weighted by atomic mass is 16.7. The van der Waals surface area contributed by atoms with Gasteiger partial charge in [0.25, 0.3) is 5.91 Å². The van der Waals surface area contributed by atoms with Crippen LogP contribution in [0.1, 0.15) is 10.4 Å². The average Bonchev–Trinajstić information content (AvgIpc) is 3.05. The number of likely N-dealkylation sites (tertiary alicyclic amines) is 1. The number of fused-ring (bicyclic) bond motifs is 1. The van der Waals surface area contributed by atoms with Crippen LogP contribution in [0.5, 0.6) is 23.0 Å². The number of ether oxygens (including phenoxy) is 4. The van der Waals surface area contributed by atoms with Crippen LogP contribution in [0.25, 0.3) is 0 Å². The second-order valence-corrected chi connectivity index (χ2v) is 5.69. The number of hydrogen-bond acceptors (Lipinski definition) is 5. The third kappa shape index (κ3) is 2.71. The van der Waals surface area contributed by atoms with Crippen LogP contribution in [0.4, 0.5) is 0 Å². The van der Waals surface area contributed by atoms with Crippen molar-refractivity contribution in [3.63, 3.8) is 0 Å². The summed E-state index contributed by atoms with van der Waals surface area (Å²) < 4.78 is 21.5. The van der Waals surface area contributed by atoms with Gasteiger partial charge in [0.15, 0.2) is 11.5 Å². The molecule has 1 saturated heterocycles. The molecule has 124 valence electrons. The molecule has 0 radical (unpaired) electrons. The second kappa shape index (κ2) is 5.96. The lowest BCUT2D eigenvalue weighted by Gasteiger charge is -2.39. The lowest BCUT2D eigenvalue weighted by molar-refractivity contribution is 0.0177. The van der Waals surface area contributed by atoms with E-state index >= 15 is 0 Å². The Morgan fingerprint density at radius 2 is 1.75 bits per heavy atom. The van der Waals surface area contributed by atoms with E-state index < -0.39 is 0 Å². The van der Waals surface area contributed by atoms with Gasteiger partial charge in [-0.1, -0.05) is 0 Å². The van der Waals surface area contributed by atoms with E-state index in [1.165, 1.54) is 0 Å². The fraction of sp³-hybridized carbons (Fsp3) is 0.278. The van der Waals surface area contributed by atoms with Gasteiger partial charge in [0.2, 0.25) is 6.79 Å². The number of amides is 1. The van der Waals surface area contributed by atoms with E-state index in [1.807, 2.05) is 24.3 Å². The van der Waals surface area contributed by atoms with Crippen molar-refractivity contribution >= 4 is 5.91 Å². The minimum absolute atomic E-state index is 0.0105. The van der Waals surface area contributed by atoms with E-state index in [0.717, 1.165) is 11.5 Å². The molecule has 1 fully saturated rings. The first-order valence-electron chi connectivity index (χ1n) is 7.72. The molecule has 2 aliphatic heterocycles. The van der Waals surface area contributed by atoms with E-state index in [2.05, 4.69) is 0 Å². The summed E-state index contributed by atoms with van der Waals surface area (Å²) in [5.41, 5.74) is 0.599. The smallest absolute Gasteiger partial charge is 0.254 e. The maximum atomic E-state index is 12.5. The van der Waals surface area contributed by atoms with Gasteiger partial charge in [-0.3, -0.25) is 4.79 Å². The topological polar surface area (TPSA) is 57.2 Å². The zero-order chi connectivity index (χ0) is 16.5. The quantitative estimate of drug-likeness (QED) is 0.863. The molecule has 0 aliphatic carbocycles. The number of carbonyl (C=O) groups is 1. The van der Waals surface area contributed by atoms with Crippen LogP contribution in [0.2, 0.25) is 0 Å². The highest BCUT2D eigenvalue weighted by Crippen LogP contribution is 2.33. The molecular weight excluding hydrogens is 310 g/mol. The Bertz CT molecular complexity index is 753. The lowest BCUT2D eigenvalue weighted by atomic mass is 10.1. The molecule has 2 heterocycles. The van der Waals surface area contributed by atoms with Crippen LogP contribution in [-0.4, -0.2) is 43.9 Å². The SMILES string of the molecule is COc1ccc(OC2CN(C(=O)c3ccc4c(c3)OCO4)C2)cc1. The van der Waals surface area contributed by atoms with Gasteiger partial charge in [-0.05, 0) is 42.5 Å². The Hall–Kier alpha value is -2.89. The van der Waals surface area contributed by atoms with Gasteiger partial charge in [0.1, 0.15) is 17.6 Å². The maximum Gasteiger partial charge on any atom is 0.254 e. The van der Waals surface area contributed by atoms with Gasteiger partial charge in [-0.2, -0.15) is 0 Å². The number of carbonyl (C=O) groups excluding carboxylic acids is 1. The first-order chi connectivity index (χ1) is 11.7. The summed E-state index contributed by atoms with van der Waals surface area (Å²) >= 11 is 0.